The van der Waals surface area contributed by atoms with E-state index in [1.54, 1.807) is 13.0 Å². The fraction of sp³-hybridized carbons (Fsp3) is 0.682. The summed E-state index contributed by atoms with van der Waals surface area (Å²) in [4.78, 5) is 4.58. The molecule has 1 aliphatic carbocycles. The molecule has 2 aliphatic rings. The minimum absolute atomic E-state index is 0.00796. The third-order valence-corrected chi connectivity index (χ3v) is 6.52. The van der Waals surface area contributed by atoms with Gasteiger partial charge in [0.1, 0.15) is 17.7 Å². The van der Waals surface area contributed by atoms with Gasteiger partial charge in [0, 0.05) is 23.7 Å². The molecule has 3 rings (SSSR count). The van der Waals surface area contributed by atoms with Crippen LogP contribution in [-0.2, 0) is 0 Å². The van der Waals surface area contributed by atoms with Crippen LogP contribution in [0.4, 0.5) is 0 Å². The van der Waals surface area contributed by atoms with Crippen LogP contribution >= 0.6 is 0 Å². The number of nitrogens with zero attached hydrogens (tertiary/aromatic N) is 2. The third kappa shape index (κ3) is 4.28. The lowest BCUT2D eigenvalue weighted by Crippen LogP contribution is -2.48. The van der Waals surface area contributed by atoms with E-state index in [0.717, 1.165) is 31.2 Å². The Hall–Kier alpha value is -1.79. The lowest BCUT2D eigenvalue weighted by molar-refractivity contribution is 0.124. The Balaban J connectivity index is 1.77. The van der Waals surface area contributed by atoms with Gasteiger partial charge in [-0.1, -0.05) is 13.8 Å². The number of phenols is 2. The fourth-order valence-electron chi connectivity index (χ4n) is 4.98. The maximum atomic E-state index is 10.4. The van der Waals surface area contributed by atoms with Gasteiger partial charge >= 0.3 is 0 Å². The molecule has 156 valence electrons. The smallest absolute Gasteiger partial charge is 0.125 e. The molecule has 1 heterocycles. The summed E-state index contributed by atoms with van der Waals surface area (Å²) >= 11 is 0. The third-order valence-electron chi connectivity index (χ3n) is 6.52. The van der Waals surface area contributed by atoms with E-state index in [9.17, 15) is 10.2 Å². The lowest BCUT2D eigenvalue weighted by Gasteiger charge is -2.43. The van der Waals surface area contributed by atoms with Crippen LogP contribution in [0.3, 0.4) is 0 Å². The summed E-state index contributed by atoms with van der Waals surface area (Å²) in [5.74, 6) is 0.631. The molecule has 28 heavy (non-hydrogen) atoms. The van der Waals surface area contributed by atoms with Crippen LogP contribution < -0.4 is 5.73 Å². The summed E-state index contributed by atoms with van der Waals surface area (Å²) in [7, 11) is 0. The average molecular weight is 389 g/mol. The van der Waals surface area contributed by atoms with Crippen molar-refractivity contribution in [3.05, 3.63) is 23.3 Å². The molecular weight excluding hydrogens is 352 g/mol. The Morgan fingerprint density at radius 3 is 2.18 bits per heavy atom. The number of nitrogens with two attached hydrogens (primary N) is 1. The van der Waals surface area contributed by atoms with Gasteiger partial charge in [-0.2, -0.15) is 0 Å². The molecule has 6 heteroatoms. The number of hydrogen-bond donors (Lipinski definition) is 4. The van der Waals surface area contributed by atoms with Gasteiger partial charge in [0.25, 0.3) is 0 Å². The molecule has 5 N–H and O–H groups in total. The van der Waals surface area contributed by atoms with Crippen LogP contribution in [0.1, 0.15) is 82.5 Å². The highest BCUT2D eigenvalue weighted by Gasteiger charge is 2.33. The van der Waals surface area contributed by atoms with Crippen LogP contribution in [0.25, 0.3) is 0 Å². The van der Waals surface area contributed by atoms with E-state index in [1.165, 1.54) is 32.0 Å². The zero-order valence-corrected chi connectivity index (χ0v) is 17.5. The number of aromatic hydroxyl groups is 2. The Morgan fingerprint density at radius 1 is 1.07 bits per heavy atom. The number of likely N-dealkylation sites (tertiary alicyclic amines) is 1. The molecule has 1 aromatic rings. The fourth-order valence-corrected chi connectivity index (χ4v) is 4.98. The first-order valence-corrected chi connectivity index (χ1v) is 10.7. The van der Waals surface area contributed by atoms with Gasteiger partial charge in [-0.05, 0) is 76.1 Å². The molecule has 1 saturated carbocycles. The Bertz CT molecular complexity index is 692. The molecule has 1 atom stereocenters. The van der Waals surface area contributed by atoms with E-state index in [4.69, 9.17) is 11.1 Å². The summed E-state index contributed by atoms with van der Waals surface area (Å²) in [6, 6.07) is 4.05. The predicted octanol–water partition coefficient (Wildman–Crippen LogP) is 3.88. The molecule has 6 nitrogen and oxygen atoms in total. The summed E-state index contributed by atoms with van der Waals surface area (Å²) in [6.07, 6.45) is 6.34. The van der Waals surface area contributed by atoms with Crippen LogP contribution in [-0.4, -0.2) is 51.0 Å². The minimum Gasteiger partial charge on any atom is -0.508 e. The Kier molecular flexibility index (Phi) is 6.50. The van der Waals surface area contributed by atoms with Crippen molar-refractivity contribution in [3.8, 4) is 11.5 Å². The van der Waals surface area contributed by atoms with Crippen LogP contribution in [0, 0.1) is 5.41 Å². The van der Waals surface area contributed by atoms with Gasteiger partial charge in [0.15, 0.2) is 0 Å². The SMILES string of the molecule is CC(=N)N(C1CCC(N2CCCC2)CC1)C(N)c1cc(C(C)C)c(O)cc1O. The Morgan fingerprint density at radius 2 is 1.64 bits per heavy atom. The van der Waals surface area contributed by atoms with E-state index in [2.05, 4.69) is 4.90 Å². The standard InChI is InChI=1S/C22H36N4O2/c1-14(2)18-12-19(21(28)13-20(18)27)22(24)26(15(3)23)17-8-6-16(7-9-17)25-10-4-5-11-25/h12-14,16-17,22-23,27-28H,4-11,24H2,1-3H3. The van der Waals surface area contributed by atoms with Gasteiger partial charge in [-0.25, -0.2) is 0 Å². The number of hydrogen-bond acceptors (Lipinski definition) is 5. The quantitative estimate of drug-likeness (QED) is 0.349. The van der Waals surface area contributed by atoms with Crippen molar-refractivity contribution >= 4 is 5.84 Å². The second-order valence-corrected chi connectivity index (χ2v) is 8.77. The molecule has 0 spiro atoms. The van der Waals surface area contributed by atoms with Gasteiger partial charge in [0.2, 0.25) is 0 Å². The van der Waals surface area contributed by atoms with Crippen molar-refractivity contribution in [1.82, 2.24) is 9.80 Å². The number of phenolic OH excluding ortho intramolecular Hbond substituents is 2. The van der Waals surface area contributed by atoms with Crippen molar-refractivity contribution < 1.29 is 10.2 Å². The van der Waals surface area contributed by atoms with Crippen molar-refractivity contribution in [2.45, 2.75) is 83.5 Å². The largest absolute Gasteiger partial charge is 0.508 e. The zero-order valence-electron chi connectivity index (χ0n) is 17.5. The normalized spacial score (nSPS) is 24.5. The molecule has 0 aromatic heterocycles. The number of rotatable bonds is 5. The summed E-state index contributed by atoms with van der Waals surface area (Å²) < 4.78 is 0. The second-order valence-electron chi connectivity index (χ2n) is 8.77. The van der Waals surface area contributed by atoms with Crippen LogP contribution in [0.2, 0.25) is 0 Å². The molecule has 1 unspecified atom stereocenters. The monoisotopic (exact) mass is 388 g/mol. The highest BCUT2D eigenvalue weighted by Crippen LogP contribution is 2.38. The van der Waals surface area contributed by atoms with Crippen molar-refractivity contribution in [2.24, 2.45) is 5.73 Å². The molecule has 0 radical (unpaired) electrons. The van der Waals surface area contributed by atoms with E-state index in [0.29, 0.717) is 17.4 Å². The van der Waals surface area contributed by atoms with Gasteiger partial charge in [0.05, 0.1) is 5.84 Å². The summed E-state index contributed by atoms with van der Waals surface area (Å²) in [5.41, 5.74) is 7.93. The van der Waals surface area contributed by atoms with Crippen molar-refractivity contribution in [3.63, 3.8) is 0 Å². The molecule has 2 fully saturated rings. The van der Waals surface area contributed by atoms with Crippen LogP contribution in [0.5, 0.6) is 11.5 Å². The van der Waals surface area contributed by atoms with E-state index in [-0.39, 0.29) is 23.5 Å². The highest BCUT2D eigenvalue weighted by molar-refractivity contribution is 5.77. The van der Waals surface area contributed by atoms with Gasteiger partial charge in [-0.3, -0.25) is 5.41 Å². The van der Waals surface area contributed by atoms with Gasteiger partial charge < -0.3 is 25.7 Å². The molecular formula is C22H36N4O2. The van der Waals surface area contributed by atoms with Crippen molar-refractivity contribution in [2.75, 3.05) is 13.1 Å². The predicted molar refractivity (Wildman–Crippen MR) is 113 cm³/mol. The topological polar surface area (TPSA) is 96.8 Å². The summed E-state index contributed by atoms with van der Waals surface area (Å²) in [5, 5.41) is 28.9. The molecule has 1 aliphatic heterocycles. The van der Waals surface area contributed by atoms with E-state index >= 15 is 0 Å². The first-order valence-electron chi connectivity index (χ1n) is 10.7. The number of amidine groups is 1. The minimum atomic E-state index is -0.594. The molecule has 0 bridgehead atoms. The van der Waals surface area contributed by atoms with Crippen LogP contribution in [0.15, 0.2) is 12.1 Å². The maximum absolute atomic E-state index is 10.4. The zero-order chi connectivity index (χ0) is 20.4. The number of benzene rings is 1. The van der Waals surface area contributed by atoms with E-state index in [1.807, 2.05) is 18.7 Å². The molecule has 1 saturated heterocycles. The summed E-state index contributed by atoms with van der Waals surface area (Å²) in [6.45, 7) is 8.22. The lowest BCUT2D eigenvalue weighted by atomic mass is 9.88. The second kappa shape index (κ2) is 8.70. The van der Waals surface area contributed by atoms with Gasteiger partial charge in [-0.15, -0.1) is 0 Å². The maximum Gasteiger partial charge on any atom is 0.125 e. The number of nitrogens with one attached hydrogen (secondary N) is 1. The van der Waals surface area contributed by atoms with Crippen molar-refractivity contribution in [1.29, 1.82) is 5.41 Å². The van der Waals surface area contributed by atoms with E-state index < -0.39 is 6.17 Å². The average Bonchev–Trinajstić information content (AvgIpc) is 3.16. The first-order chi connectivity index (χ1) is 13.3. The first kappa shape index (κ1) is 20.9. The highest BCUT2D eigenvalue weighted by atomic mass is 16.3. The molecule has 0 amide bonds. The Labute approximate surface area is 168 Å². The molecule has 1 aromatic carbocycles.